The summed E-state index contributed by atoms with van der Waals surface area (Å²) in [6.07, 6.45) is 10.6. The standard InChI is InChI=1S/C60H90O4PSi2/c1-19-20-30-46(3)57(62-43-51-37-39-52(61-14)40-38-51)50(7)58(64-67(17,18)60(11,12)13)48(5)42-45(2)41-47(4)56(63-66(15,16)59(8,9)10)49(6)44-65(53-31-24-21-25-32-53,54-33-26-22-27-34-54)55-35-28-23-29-36-55/h19-41,46-50,56-58H,1,42-44H2,2-18H3/q+1/b30-20-,45-41-/t46-,47-,48-,49-,50+,56?,57-,58+/m0/s1. The topological polar surface area (TPSA) is 36.9 Å². The molecule has 0 aliphatic rings. The summed E-state index contributed by atoms with van der Waals surface area (Å²) in [5.41, 5.74) is 2.51. The van der Waals surface area contributed by atoms with Crippen molar-refractivity contribution in [3.63, 3.8) is 0 Å². The minimum atomic E-state index is -2.20. The normalized spacial score (nSPS) is 17.0. The van der Waals surface area contributed by atoms with Crippen LogP contribution in [0.5, 0.6) is 5.75 Å². The molecular formula is C60H90O4PSi2+. The number of hydrogen-bond acceptors (Lipinski definition) is 4. The Hall–Kier alpha value is -3.36. The molecule has 4 aromatic carbocycles. The van der Waals surface area contributed by atoms with Crippen LogP contribution in [0, 0.1) is 29.6 Å². The van der Waals surface area contributed by atoms with E-state index >= 15 is 0 Å². The second-order valence-corrected chi connectivity index (χ2v) is 35.7. The Morgan fingerprint density at radius 2 is 1.06 bits per heavy atom. The van der Waals surface area contributed by atoms with Gasteiger partial charge in [0.1, 0.15) is 28.9 Å². The molecule has 4 rings (SSSR count). The van der Waals surface area contributed by atoms with Crippen molar-refractivity contribution in [2.45, 2.75) is 151 Å². The molecule has 0 aliphatic carbocycles. The number of methoxy groups -OCH3 is 1. The zero-order chi connectivity index (χ0) is 49.8. The first kappa shape index (κ1) is 56.2. The summed E-state index contributed by atoms with van der Waals surface area (Å²) in [7, 11) is -4.80. The molecule has 0 bridgehead atoms. The van der Waals surface area contributed by atoms with E-state index in [0.717, 1.165) is 23.9 Å². The molecule has 0 fully saturated rings. The third-order valence-electron chi connectivity index (χ3n) is 15.2. The molecule has 4 nitrogen and oxygen atoms in total. The summed E-state index contributed by atoms with van der Waals surface area (Å²) in [5, 5.41) is 4.37. The average Bonchev–Trinajstić information content (AvgIpc) is 3.28. The number of ether oxygens (including phenoxy) is 2. The first-order valence-electron chi connectivity index (χ1n) is 25.0. The van der Waals surface area contributed by atoms with Gasteiger partial charge in [0.2, 0.25) is 0 Å². The summed E-state index contributed by atoms with van der Waals surface area (Å²) >= 11 is 0. The van der Waals surface area contributed by atoms with Gasteiger partial charge in [-0.3, -0.25) is 0 Å². The fourth-order valence-electron chi connectivity index (χ4n) is 9.35. The first-order chi connectivity index (χ1) is 31.4. The summed E-state index contributed by atoms with van der Waals surface area (Å²) in [4.78, 5) is 0. The van der Waals surface area contributed by atoms with Crippen LogP contribution in [0.4, 0.5) is 0 Å². The maximum Gasteiger partial charge on any atom is 0.192 e. The van der Waals surface area contributed by atoms with E-state index in [1.165, 1.54) is 21.5 Å². The van der Waals surface area contributed by atoms with Crippen molar-refractivity contribution < 1.29 is 18.3 Å². The molecule has 0 aliphatic heterocycles. The van der Waals surface area contributed by atoms with Gasteiger partial charge >= 0.3 is 0 Å². The van der Waals surface area contributed by atoms with E-state index in [-0.39, 0.29) is 58.0 Å². The Kier molecular flexibility index (Phi) is 20.5. The lowest BCUT2D eigenvalue weighted by Crippen LogP contribution is -2.50. The fraction of sp³-hybridized carbons (Fsp3) is 0.500. The van der Waals surface area contributed by atoms with Crippen molar-refractivity contribution in [1.82, 2.24) is 0 Å². The maximum absolute atomic E-state index is 7.70. The zero-order valence-electron chi connectivity index (χ0n) is 44.8. The van der Waals surface area contributed by atoms with Gasteiger partial charge in [0, 0.05) is 17.8 Å². The molecular weight excluding hydrogens is 872 g/mol. The lowest BCUT2D eigenvalue weighted by atomic mass is 9.81. The van der Waals surface area contributed by atoms with E-state index in [1.807, 2.05) is 18.2 Å². The van der Waals surface area contributed by atoms with Gasteiger partial charge in [-0.2, -0.15) is 0 Å². The zero-order valence-corrected chi connectivity index (χ0v) is 47.7. The summed E-state index contributed by atoms with van der Waals surface area (Å²) < 4.78 is 27.7. The Bertz CT molecular complexity index is 2040. The molecule has 0 saturated heterocycles. The predicted molar refractivity (Wildman–Crippen MR) is 299 cm³/mol. The Morgan fingerprint density at radius 1 is 0.612 bits per heavy atom. The maximum atomic E-state index is 7.70. The van der Waals surface area contributed by atoms with Gasteiger partial charge in [-0.25, -0.2) is 0 Å². The van der Waals surface area contributed by atoms with Gasteiger partial charge in [-0.05, 0) is 116 Å². The highest BCUT2D eigenvalue weighted by atomic mass is 31.2. The quantitative estimate of drug-likeness (QED) is 0.0303. The van der Waals surface area contributed by atoms with Crippen molar-refractivity contribution in [2.75, 3.05) is 13.3 Å². The molecule has 0 heterocycles. The van der Waals surface area contributed by atoms with Gasteiger partial charge in [-0.1, -0.05) is 179 Å². The van der Waals surface area contributed by atoms with Gasteiger partial charge in [0.15, 0.2) is 16.6 Å². The van der Waals surface area contributed by atoms with Gasteiger partial charge in [-0.15, -0.1) is 0 Å². The van der Waals surface area contributed by atoms with Crippen molar-refractivity contribution in [3.05, 3.63) is 157 Å². The van der Waals surface area contributed by atoms with Crippen LogP contribution in [0.3, 0.4) is 0 Å². The van der Waals surface area contributed by atoms with Crippen molar-refractivity contribution >= 4 is 39.8 Å². The van der Waals surface area contributed by atoms with Crippen LogP contribution in [0.25, 0.3) is 0 Å². The number of hydrogen-bond donors (Lipinski definition) is 0. The molecule has 67 heavy (non-hydrogen) atoms. The largest absolute Gasteiger partial charge is 0.497 e. The van der Waals surface area contributed by atoms with E-state index in [1.54, 1.807) is 7.11 Å². The lowest BCUT2D eigenvalue weighted by molar-refractivity contribution is -0.0644. The summed E-state index contributed by atoms with van der Waals surface area (Å²) in [6, 6.07) is 42.2. The van der Waals surface area contributed by atoms with Crippen LogP contribution in [-0.2, 0) is 20.2 Å². The monoisotopic (exact) mass is 962 g/mol. The highest BCUT2D eigenvalue weighted by Gasteiger charge is 2.50. The highest BCUT2D eigenvalue weighted by Crippen LogP contribution is 2.57. The minimum Gasteiger partial charge on any atom is -0.497 e. The molecule has 0 N–H and O–H groups in total. The van der Waals surface area contributed by atoms with Crippen molar-refractivity contribution in [1.29, 1.82) is 0 Å². The lowest BCUT2D eigenvalue weighted by Gasteiger charge is -2.45. The second kappa shape index (κ2) is 24.5. The molecule has 0 aromatic heterocycles. The van der Waals surface area contributed by atoms with Crippen LogP contribution in [0.15, 0.2) is 152 Å². The average molecular weight is 963 g/mol. The van der Waals surface area contributed by atoms with Crippen molar-refractivity contribution in [2.24, 2.45) is 29.6 Å². The van der Waals surface area contributed by atoms with Crippen LogP contribution < -0.4 is 20.7 Å². The van der Waals surface area contributed by atoms with Crippen LogP contribution in [0.1, 0.15) is 95.1 Å². The minimum absolute atomic E-state index is 0.0214. The molecule has 0 saturated carbocycles. The van der Waals surface area contributed by atoms with E-state index in [9.17, 15) is 0 Å². The second-order valence-electron chi connectivity index (χ2n) is 22.7. The molecule has 1 unspecified atom stereocenters. The molecule has 0 spiro atoms. The summed E-state index contributed by atoms with van der Waals surface area (Å²) in [5.74, 6) is 1.77. The van der Waals surface area contributed by atoms with Crippen LogP contribution >= 0.6 is 7.26 Å². The highest BCUT2D eigenvalue weighted by molar-refractivity contribution is 7.95. The van der Waals surface area contributed by atoms with Crippen LogP contribution in [-0.4, -0.2) is 48.2 Å². The third kappa shape index (κ3) is 14.8. The summed E-state index contributed by atoms with van der Waals surface area (Å²) in [6.45, 7) is 42.6. The smallest absolute Gasteiger partial charge is 0.192 e. The van der Waals surface area contributed by atoms with Gasteiger partial charge in [0.25, 0.3) is 0 Å². The number of benzene rings is 4. The van der Waals surface area contributed by atoms with E-state index < -0.39 is 23.9 Å². The Labute approximate surface area is 412 Å². The SMILES string of the molecule is C=C/C=C\[C@H](C)[C@H](OCc1ccc(OC)cc1)[C@@H](C)[C@H](O[Si](C)(C)C(C)(C)C)[C@@H](C)C/C(C)=C\[C@H](C)C(O[Si](C)(C)C(C)(C)C)[C@@H](C)C[P+](c1ccccc1)(c1ccccc1)c1ccccc1. The molecule has 0 amide bonds. The van der Waals surface area contributed by atoms with Gasteiger partial charge in [0.05, 0.1) is 38.2 Å². The number of rotatable bonds is 24. The predicted octanol–water partition coefficient (Wildman–Crippen LogP) is 15.6. The van der Waals surface area contributed by atoms with Crippen LogP contribution in [0.2, 0.25) is 36.3 Å². The molecule has 8 atom stereocenters. The Balaban J connectivity index is 1.77. The van der Waals surface area contributed by atoms with E-state index in [4.69, 9.17) is 18.3 Å². The third-order valence-corrected chi connectivity index (χ3v) is 28.8. The Morgan fingerprint density at radius 3 is 1.48 bits per heavy atom. The first-order valence-corrected chi connectivity index (χ1v) is 32.8. The molecule has 366 valence electrons. The van der Waals surface area contributed by atoms with E-state index in [0.29, 0.717) is 6.61 Å². The van der Waals surface area contributed by atoms with Gasteiger partial charge < -0.3 is 18.3 Å². The molecule has 7 heteroatoms. The number of allylic oxidation sites excluding steroid dienone is 3. The fourth-order valence-corrected chi connectivity index (χ4v) is 17.0. The molecule has 0 radical (unpaired) electrons. The molecule has 4 aromatic rings. The van der Waals surface area contributed by atoms with Crippen molar-refractivity contribution in [3.8, 4) is 5.75 Å². The van der Waals surface area contributed by atoms with E-state index in [2.05, 4.69) is 237 Å².